The van der Waals surface area contributed by atoms with E-state index in [-0.39, 0.29) is 17.4 Å². The van der Waals surface area contributed by atoms with Crippen molar-refractivity contribution in [2.45, 2.75) is 0 Å². The number of nitro benzene ring substituents is 6. The average molecular weight is 477 g/mol. The zero-order valence-electron chi connectivity index (χ0n) is 15.6. The first kappa shape index (κ1) is 26.1. The lowest BCUT2D eigenvalue weighted by molar-refractivity contribution is -0.441. The standard InChI is InChI=1S/C14H6N6O12.Al/c21-15(22)9-5-3-7(11(17(25)26)13(9)19(29)30)1-2-8-4-6-10(16(23)24)14(20(31)32)12(8)18(27)28;/h1-6H;/b2-1+;. The molecule has 0 atom stereocenters. The Hall–Kier alpha value is -4.89. The van der Waals surface area contributed by atoms with Crippen molar-refractivity contribution in [1.29, 1.82) is 0 Å². The van der Waals surface area contributed by atoms with Crippen molar-refractivity contribution in [1.82, 2.24) is 0 Å². The predicted molar refractivity (Wildman–Crippen MR) is 107 cm³/mol. The Kier molecular flexibility index (Phi) is 7.88. The van der Waals surface area contributed by atoms with Gasteiger partial charge in [-0.15, -0.1) is 0 Å². The van der Waals surface area contributed by atoms with Crippen LogP contribution in [0, 0.1) is 60.7 Å². The molecule has 2 aromatic carbocycles. The molecule has 2 aromatic rings. The molecule has 33 heavy (non-hydrogen) atoms. The molecule has 0 fully saturated rings. The first-order chi connectivity index (χ1) is 14.9. The summed E-state index contributed by atoms with van der Waals surface area (Å²) in [5, 5.41) is 67.0. The van der Waals surface area contributed by atoms with Gasteiger partial charge in [0.2, 0.25) is 0 Å². The molecule has 2 rings (SSSR count). The molecule has 0 saturated carbocycles. The average Bonchev–Trinajstić information content (AvgIpc) is 2.69. The summed E-state index contributed by atoms with van der Waals surface area (Å²) in [4.78, 5) is 59.3. The third-order valence-corrected chi connectivity index (χ3v) is 3.89. The quantitative estimate of drug-likeness (QED) is 0.230. The topological polar surface area (TPSA) is 259 Å². The summed E-state index contributed by atoms with van der Waals surface area (Å²) in [5.74, 6) is 0. The second-order valence-corrected chi connectivity index (χ2v) is 5.62. The minimum atomic E-state index is -1.45. The lowest BCUT2D eigenvalue weighted by Crippen LogP contribution is -2.03. The molecule has 3 radical (unpaired) electrons. The van der Waals surface area contributed by atoms with Crippen LogP contribution in [0.3, 0.4) is 0 Å². The van der Waals surface area contributed by atoms with E-state index in [4.69, 9.17) is 0 Å². The lowest BCUT2D eigenvalue weighted by atomic mass is 10.1. The second-order valence-electron chi connectivity index (χ2n) is 5.62. The van der Waals surface area contributed by atoms with Crippen LogP contribution in [-0.2, 0) is 0 Å². The Labute approximate surface area is 189 Å². The minimum Gasteiger partial charge on any atom is -0.258 e. The van der Waals surface area contributed by atoms with E-state index in [1.807, 2.05) is 0 Å². The van der Waals surface area contributed by atoms with Crippen LogP contribution in [-0.4, -0.2) is 46.9 Å². The number of nitrogens with zero attached hydrogens (tertiary/aromatic N) is 6. The van der Waals surface area contributed by atoms with Gasteiger partial charge in [-0.2, -0.15) is 0 Å². The molecule has 18 nitrogen and oxygen atoms in total. The van der Waals surface area contributed by atoms with Gasteiger partial charge in [0.15, 0.2) is 0 Å². The third-order valence-electron chi connectivity index (χ3n) is 3.89. The van der Waals surface area contributed by atoms with E-state index in [0.29, 0.717) is 24.3 Å². The maximum Gasteiger partial charge on any atom is 0.422 e. The van der Waals surface area contributed by atoms with Crippen LogP contribution in [0.5, 0.6) is 0 Å². The van der Waals surface area contributed by atoms with Crippen molar-refractivity contribution in [3.63, 3.8) is 0 Å². The van der Waals surface area contributed by atoms with E-state index in [0.717, 1.165) is 12.1 Å². The molecule has 0 amide bonds. The first-order valence-corrected chi connectivity index (χ1v) is 7.76. The zero-order chi connectivity index (χ0) is 24.3. The van der Waals surface area contributed by atoms with Crippen LogP contribution >= 0.6 is 0 Å². The van der Waals surface area contributed by atoms with Crippen LogP contribution in [0.25, 0.3) is 12.2 Å². The van der Waals surface area contributed by atoms with Crippen molar-refractivity contribution in [3.05, 3.63) is 96.1 Å². The highest BCUT2D eigenvalue weighted by Gasteiger charge is 2.39. The van der Waals surface area contributed by atoms with Crippen molar-refractivity contribution >= 4 is 63.6 Å². The molecule has 0 saturated heterocycles. The van der Waals surface area contributed by atoms with Gasteiger partial charge in [-0.3, -0.25) is 60.7 Å². The molecular formula is C14H6AlN6O12. The van der Waals surface area contributed by atoms with E-state index >= 15 is 0 Å². The normalized spacial score (nSPS) is 10.3. The molecule has 0 aliphatic heterocycles. The highest BCUT2D eigenvalue weighted by atomic mass is 27.0. The molecule has 0 aliphatic carbocycles. The van der Waals surface area contributed by atoms with Crippen molar-refractivity contribution in [3.8, 4) is 0 Å². The highest BCUT2D eigenvalue weighted by molar-refractivity contribution is 5.85. The second kappa shape index (κ2) is 9.95. The molecule has 0 bridgehead atoms. The van der Waals surface area contributed by atoms with Gasteiger partial charge in [0.25, 0.3) is 0 Å². The van der Waals surface area contributed by atoms with Crippen LogP contribution in [0.1, 0.15) is 11.1 Å². The van der Waals surface area contributed by atoms with Crippen LogP contribution in [0.2, 0.25) is 0 Å². The van der Waals surface area contributed by atoms with E-state index in [1.54, 1.807) is 0 Å². The molecular weight excluding hydrogens is 471 g/mol. The van der Waals surface area contributed by atoms with E-state index in [9.17, 15) is 60.7 Å². The summed E-state index contributed by atoms with van der Waals surface area (Å²) < 4.78 is 0. The van der Waals surface area contributed by atoms with Crippen molar-refractivity contribution in [2.75, 3.05) is 0 Å². The number of benzene rings is 2. The van der Waals surface area contributed by atoms with Crippen LogP contribution in [0.4, 0.5) is 34.1 Å². The summed E-state index contributed by atoms with van der Waals surface area (Å²) in [6, 6.07) is 2.70. The predicted octanol–water partition coefficient (Wildman–Crippen LogP) is 2.93. The smallest absolute Gasteiger partial charge is 0.258 e. The summed E-state index contributed by atoms with van der Waals surface area (Å²) in [5.41, 5.74) is -9.08. The molecule has 19 heteroatoms. The Bertz CT molecular complexity index is 1160. The summed E-state index contributed by atoms with van der Waals surface area (Å²) >= 11 is 0. The van der Waals surface area contributed by atoms with Crippen molar-refractivity contribution in [2.24, 2.45) is 0 Å². The summed E-state index contributed by atoms with van der Waals surface area (Å²) in [6.45, 7) is 0. The van der Waals surface area contributed by atoms with Gasteiger partial charge in [0, 0.05) is 29.5 Å². The minimum absolute atomic E-state index is 0. The first-order valence-electron chi connectivity index (χ1n) is 7.76. The highest BCUT2D eigenvalue weighted by Crippen LogP contribution is 2.42. The van der Waals surface area contributed by atoms with Crippen molar-refractivity contribution < 1.29 is 29.5 Å². The van der Waals surface area contributed by atoms with E-state index < -0.39 is 74.8 Å². The van der Waals surface area contributed by atoms with Gasteiger partial charge in [0.05, 0.1) is 40.7 Å². The SMILES string of the molecule is O=[N+]([O-])c1ccc(/C=C/c2ccc([N+](=O)[O-])c([N+](=O)[O-])c2[N+](=O)[O-])c([N+](=O)[O-])c1[N+](=O)[O-].[Al]. The summed E-state index contributed by atoms with van der Waals surface area (Å²) in [7, 11) is 0. The Balaban J connectivity index is 0.00000544. The molecule has 0 spiro atoms. The Morgan fingerprint density at radius 3 is 0.939 bits per heavy atom. The number of nitro groups is 6. The maximum atomic E-state index is 11.3. The molecule has 0 unspecified atom stereocenters. The Morgan fingerprint density at radius 1 is 0.455 bits per heavy atom. The van der Waals surface area contributed by atoms with Gasteiger partial charge >= 0.3 is 34.1 Å². The third kappa shape index (κ3) is 5.06. The van der Waals surface area contributed by atoms with Crippen LogP contribution < -0.4 is 0 Å². The van der Waals surface area contributed by atoms with Gasteiger partial charge in [0.1, 0.15) is 0 Å². The monoisotopic (exact) mass is 477 g/mol. The van der Waals surface area contributed by atoms with Gasteiger partial charge in [-0.05, 0) is 24.3 Å². The fourth-order valence-corrected chi connectivity index (χ4v) is 2.66. The van der Waals surface area contributed by atoms with Gasteiger partial charge in [-0.25, -0.2) is 0 Å². The molecule has 0 aromatic heterocycles. The molecule has 0 N–H and O–H groups in total. The molecule has 0 heterocycles. The van der Waals surface area contributed by atoms with Crippen LogP contribution in [0.15, 0.2) is 24.3 Å². The lowest BCUT2D eigenvalue weighted by Gasteiger charge is -2.02. The number of hydrogen-bond acceptors (Lipinski definition) is 12. The number of rotatable bonds is 8. The summed E-state index contributed by atoms with van der Waals surface area (Å²) in [6.07, 6.45) is 1.43. The largest absolute Gasteiger partial charge is 0.422 e. The van der Waals surface area contributed by atoms with E-state index in [2.05, 4.69) is 0 Å². The molecule has 0 aliphatic rings. The van der Waals surface area contributed by atoms with Gasteiger partial charge < -0.3 is 0 Å². The zero-order valence-corrected chi connectivity index (χ0v) is 16.8. The number of hydrogen-bond donors (Lipinski definition) is 0. The fourth-order valence-electron chi connectivity index (χ4n) is 2.66. The fraction of sp³-hybridized carbons (Fsp3) is 0. The Morgan fingerprint density at radius 2 is 0.727 bits per heavy atom. The van der Waals surface area contributed by atoms with E-state index in [1.165, 1.54) is 0 Å². The maximum absolute atomic E-state index is 11.3. The molecule has 167 valence electrons. The van der Waals surface area contributed by atoms with Gasteiger partial charge in [-0.1, -0.05) is 0 Å².